The first kappa shape index (κ1) is 24.9. The number of carbonyl (C=O) groups is 2. The van der Waals surface area contributed by atoms with E-state index in [1.54, 1.807) is 18.2 Å². The maximum Gasteiger partial charge on any atom is 0.223 e. The highest BCUT2D eigenvalue weighted by molar-refractivity contribution is 6.35. The van der Waals surface area contributed by atoms with Crippen LogP contribution in [0.1, 0.15) is 32.6 Å². The molecule has 3 rings (SSSR count). The lowest BCUT2D eigenvalue weighted by Crippen LogP contribution is -2.23. The molecule has 0 bridgehead atoms. The van der Waals surface area contributed by atoms with Crippen LogP contribution in [-0.2, 0) is 11.4 Å². The fraction of sp³-hybridized carbons (Fsp3) is 0.200. The summed E-state index contributed by atoms with van der Waals surface area (Å²) in [6.07, 6.45) is 0.528. The molecule has 3 aromatic rings. The molecule has 3 N–H and O–H groups in total. The molecule has 0 unspecified atom stereocenters. The van der Waals surface area contributed by atoms with E-state index >= 15 is 0 Å². The minimum atomic E-state index is -0.0911. The summed E-state index contributed by atoms with van der Waals surface area (Å²) in [5.74, 6) is 5.43. The van der Waals surface area contributed by atoms with Crippen LogP contribution in [0.5, 0.6) is 5.75 Å². The Balaban J connectivity index is 0.000000654. The van der Waals surface area contributed by atoms with Crippen LogP contribution in [-0.4, -0.2) is 31.3 Å². The molecule has 0 spiro atoms. The number of hydrazine groups is 1. The number of hydrogen-bond donors (Lipinski definition) is 2. The van der Waals surface area contributed by atoms with E-state index in [-0.39, 0.29) is 5.78 Å². The van der Waals surface area contributed by atoms with Gasteiger partial charge in [0.05, 0.1) is 5.02 Å². The Kier molecular flexibility index (Phi) is 9.25. The molecule has 7 heteroatoms. The highest BCUT2D eigenvalue weighted by atomic mass is 35.5. The monoisotopic (exact) mass is 453 g/mol. The lowest BCUT2D eigenvalue weighted by atomic mass is 10.0. The third-order valence-corrected chi connectivity index (χ3v) is 5.10. The van der Waals surface area contributed by atoms with E-state index in [2.05, 4.69) is 18.3 Å². The Labute approximate surface area is 193 Å². The van der Waals surface area contributed by atoms with Gasteiger partial charge in [-0.1, -0.05) is 35.9 Å². The minimum Gasteiger partial charge on any atom is -0.489 e. The van der Waals surface area contributed by atoms with Gasteiger partial charge in [0.1, 0.15) is 12.4 Å². The summed E-state index contributed by atoms with van der Waals surface area (Å²) in [6.45, 7) is 4.47. The second kappa shape index (κ2) is 11.9. The second-order valence-electron chi connectivity index (χ2n) is 7.20. The smallest absolute Gasteiger partial charge is 0.223 e. The third kappa shape index (κ3) is 6.57. The molecular formula is C25H28ClN3O3. The van der Waals surface area contributed by atoms with Gasteiger partial charge in [-0.15, -0.1) is 0 Å². The zero-order chi connectivity index (χ0) is 23.7. The topological polar surface area (TPSA) is 84.7 Å². The first-order chi connectivity index (χ1) is 15.3. The number of aryl methyl sites for hydroxylation is 2. The van der Waals surface area contributed by atoms with Crippen molar-refractivity contribution in [2.24, 2.45) is 5.84 Å². The maximum atomic E-state index is 12.7. The van der Waals surface area contributed by atoms with E-state index in [4.69, 9.17) is 22.2 Å². The molecule has 0 radical (unpaired) electrons. The summed E-state index contributed by atoms with van der Waals surface area (Å²) in [5, 5.41) is 4.60. The van der Waals surface area contributed by atoms with Crippen molar-refractivity contribution >= 4 is 29.5 Å². The number of ether oxygens (including phenoxy) is 1. The highest BCUT2D eigenvalue weighted by Crippen LogP contribution is 2.26. The Morgan fingerprint density at radius 3 is 2.38 bits per heavy atom. The molecular weight excluding hydrogens is 426 g/mol. The predicted octanol–water partition coefficient (Wildman–Crippen LogP) is 4.76. The van der Waals surface area contributed by atoms with Crippen LogP contribution in [0.25, 0.3) is 0 Å². The normalized spacial score (nSPS) is 9.94. The van der Waals surface area contributed by atoms with Crippen molar-refractivity contribution in [2.45, 2.75) is 20.5 Å². The van der Waals surface area contributed by atoms with Gasteiger partial charge >= 0.3 is 0 Å². The first-order valence-electron chi connectivity index (χ1n) is 10.00. The lowest BCUT2D eigenvalue weighted by molar-refractivity contribution is -0.117. The number of halogens is 1. The van der Waals surface area contributed by atoms with Gasteiger partial charge in [-0.2, -0.15) is 0 Å². The molecule has 0 saturated carbocycles. The number of nitrogens with one attached hydrogen (secondary N) is 1. The zero-order valence-corrected chi connectivity index (χ0v) is 19.4. The zero-order valence-electron chi connectivity index (χ0n) is 18.7. The lowest BCUT2D eigenvalue weighted by Gasteiger charge is -2.15. The molecule has 0 aliphatic rings. The predicted molar refractivity (Wildman–Crippen MR) is 129 cm³/mol. The fourth-order valence-electron chi connectivity index (χ4n) is 3.03. The molecule has 0 aliphatic heterocycles. The number of nitrogens with zero attached hydrogens (tertiary/aromatic N) is 1. The van der Waals surface area contributed by atoms with Crippen LogP contribution in [0.4, 0.5) is 5.69 Å². The van der Waals surface area contributed by atoms with Crippen LogP contribution < -0.4 is 15.9 Å². The van der Waals surface area contributed by atoms with Gasteiger partial charge in [0, 0.05) is 36.5 Å². The standard InChI is InChI=1S/C23H22ClNO2.C2H6N2O/c1-15-7-6-10-21(25-3)19(15)14-27-22-12-11-17(13-16(22)2)23(26)18-8-4-5-9-20(18)24;1-4(3)2-5/h4-13,25H,14H2,1-3H3;2H,3H2,1H3. The number of amides is 1. The Bertz CT molecular complexity index is 1080. The molecule has 0 aromatic heterocycles. The molecule has 3 aromatic carbocycles. The van der Waals surface area contributed by atoms with Crippen molar-refractivity contribution in [1.29, 1.82) is 0 Å². The van der Waals surface area contributed by atoms with E-state index in [9.17, 15) is 9.59 Å². The molecule has 0 fully saturated rings. The van der Waals surface area contributed by atoms with Crippen molar-refractivity contribution < 1.29 is 14.3 Å². The summed E-state index contributed by atoms with van der Waals surface area (Å²) in [7, 11) is 3.37. The molecule has 0 saturated heterocycles. The number of carbonyl (C=O) groups excluding carboxylic acids is 2. The van der Waals surface area contributed by atoms with E-state index in [1.807, 2.05) is 50.4 Å². The van der Waals surface area contributed by atoms with E-state index in [1.165, 1.54) is 12.6 Å². The molecule has 32 heavy (non-hydrogen) atoms. The summed E-state index contributed by atoms with van der Waals surface area (Å²) in [5.41, 5.74) is 5.36. The molecule has 0 atom stereocenters. The minimum absolute atomic E-state index is 0.0911. The van der Waals surface area contributed by atoms with Gasteiger partial charge in [-0.3, -0.25) is 14.6 Å². The van der Waals surface area contributed by atoms with Gasteiger partial charge in [0.15, 0.2) is 5.78 Å². The molecule has 168 valence electrons. The highest BCUT2D eigenvalue weighted by Gasteiger charge is 2.14. The average molecular weight is 454 g/mol. The number of anilines is 1. The van der Waals surface area contributed by atoms with Crippen molar-refractivity contribution in [3.63, 3.8) is 0 Å². The third-order valence-electron chi connectivity index (χ3n) is 4.77. The van der Waals surface area contributed by atoms with Gasteiger partial charge in [0.25, 0.3) is 0 Å². The van der Waals surface area contributed by atoms with Crippen LogP contribution in [0.3, 0.4) is 0 Å². The summed E-state index contributed by atoms with van der Waals surface area (Å²) in [4.78, 5) is 22.0. The number of rotatable bonds is 7. The van der Waals surface area contributed by atoms with Crippen LogP contribution in [0.2, 0.25) is 5.02 Å². The maximum absolute atomic E-state index is 12.7. The Morgan fingerprint density at radius 1 is 1.09 bits per heavy atom. The molecule has 1 amide bonds. The van der Waals surface area contributed by atoms with Gasteiger partial charge in [-0.25, -0.2) is 5.84 Å². The number of nitrogens with two attached hydrogens (primary N) is 1. The second-order valence-corrected chi connectivity index (χ2v) is 7.61. The van der Waals surface area contributed by atoms with Gasteiger partial charge < -0.3 is 10.1 Å². The van der Waals surface area contributed by atoms with Crippen molar-refractivity contribution in [2.75, 3.05) is 19.4 Å². The average Bonchev–Trinajstić information content (AvgIpc) is 2.79. The summed E-state index contributed by atoms with van der Waals surface area (Å²) < 4.78 is 6.03. The molecule has 6 nitrogen and oxygen atoms in total. The Hall–Kier alpha value is -3.35. The first-order valence-corrected chi connectivity index (χ1v) is 10.4. The largest absolute Gasteiger partial charge is 0.489 e. The van der Waals surface area contributed by atoms with Crippen molar-refractivity contribution in [3.8, 4) is 5.75 Å². The summed E-state index contributed by atoms with van der Waals surface area (Å²) >= 11 is 6.15. The van der Waals surface area contributed by atoms with E-state index in [0.29, 0.717) is 29.2 Å². The molecule has 0 heterocycles. The number of benzene rings is 3. The van der Waals surface area contributed by atoms with Crippen LogP contribution in [0, 0.1) is 13.8 Å². The van der Waals surface area contributed by atoms with E-state index < -0.39 is 0 Å². The SMILES string of the molecule is CN(N)C=O.CNc1cccc(C)c1COc1ccc(C(=O)c2ccccc2Cl)cc1C. The molecule has 0 aliphatic carbocycles. The number of ketones is 1. The summed E-state index contributed by atoms with van der Waals surface area (Å²) in [6, 6.07) is 18.7. The Morgan fingerprint density at radius 2 is 1.78 bits per heavy atom. The van der Waals surface area contributed by atoms with Crippen molar-refractivity contribution in [3.05, 3.63) is 93.5 Å². The van der Waals surface area contributed by atoms with Crippen LogP contribution in [0.15, 0.2) is 60.7 Å². The van der Waals surface area contributed by atoms with Crippen molar-refractivity contribution in [1.82, 2.24) is 5.01 Å². The van der Waals surface area contributed by atoms with Crippen LogP contribution >= 0.6 is 11.6 Å². The van der Waals surface area contributed by atoms with E-state index in [0.717, 1.165) is 27.6 Å². The fourth-order valence-corrected chi connectivity index (χ4v) is 3.25. The quantitative estimate of drug-likeness (QED) is 0.177. The van der Waals surface area contributed by atoms with Gasteiger partial charge in [-0.05, 0) is 61.4 Å². The number of hydrogen-bond acceptors (Lipinski definition) is 5. The van der Waals surface area contributed by atoms with Gasteiger partial charge in [0.2, 0.25) is 6.41 Å².